The average molecular weight is 276 g/mol. The lowest BCUT2D eigenvalue weighted by molar-refractivity contribution is 0.165. The van der Waals surface area contributed by atoms with Crippen molar-refractivity contribution in [2.45, 2.75) is 19.4 Å². The van der Waals surface area contributed by atoms with Gasteiger partial charge in [0, 0.05) is 18.9 Å². The van der Waals surface area contributed by atoms with Crippen LogP contribution in [-0.4, -0.2) is 32.4 Å². The van der Waals surface area contributed by atoms with Gasteiger partial charge >= 0.3 is 6.03 Å². The number of hydrogen-bond acceptors (Lipinski definition) is 3. The largest absolute Gasteiger partial charge is 0.481 e. The lowest BCUT2D eigenvalue weighted by Gasteiger charge is -2.16. The summed E-state index contributed by atoms with van der Waals surface area (Å²) in [5.74, 6) is 3.00. The van der Waals surface area contributed by atoms with Gasteiger partial charge in [0.15, 0.2) is 0 Å². The highest BCUT2D eigenvalue weighted by atomic mass is 16.5. The van der Waals surface area contributed by atoms with Gasteiger partial charge < -0.3 is 20.1 Å². The van der Waals surface area contributed by atoms with E-state index in [1.165, 1.54) is 0 Å². The summed E-state index contributed by atoms with van der Waals surface area (Å²) in [6.45, 7) is 2.66. The van der Waals surface area contributed by atoms with Crippen molar-refractivity contribution in [2.24, 2.45) is 0 Å². The molecule has 20 heavy (non-hydrogen) atoms. The number of terminal acetylenes is 1. The van der Waals surface area contributed by atoms with E-state index in [0.717, 1.165) is 6.42 Å². The van der Waals surface area contributed by atoms with Gasteiger partial charge in [0.1, 0.15) is 12.4 Å². The zero-order valence-electron chi connectivity index (χ0n) is 11.8. The van der Waals surface area contributed by atoms with Crippen molar-refractivity contribution < 1.29 is 14.3 Å². The van der Waals surface area contributed by atoms with Gasteiger partial charge in [-0.15, -0.1) is 6.42 Å². The van der Waals surface area contributed by atoms with Gasteiger partial charge in [-0.05, 0) is 18.6 Å². The van der Waals surface area contributed by atoms with E-state index in [-0.39, 0.29) is 18.7 Å². The van der Waals surface area contributed by atoms with E-state index in [1.54, 1.807) is 31.4 Å². The summed E-state index contributed by atoms with van der Waals surface area (Å²) in [6, 6.07) is 6.77. The van der Waals surface area contributed by atoms with Crippen LogP contribution in [0.25, 0.3) is 0 Å². The van der Waals surface area contributed by atoms with E-state index < -0.39 is 0 Å². The smallest absolute Gasteiger partial charge is 0.319 e. The van der Waals surface area contributed by atoms with E-state index in [4.69, 9.17) is 15.9 Å². The molecule has 5 nitrogen and oxygen atoms in total. The second kappa shape index (κ2) is 8.83. The minimum Gasteiger partial charge on any atom is -0.481 e. The molecule has 2 amide bonds. The van der Waals surface area contributed by atoms with Crippen LogP contribution in [0.2, 0.25) is 0 Å². The molecule has 1 aromatic carbocycles. The number of urea groups is 1. The van der Waals surface area contributed by atoms with Gasteiger partial charge in [-0.2, -0.15) is 0 Å². The SMILES string of the molecule is C#CCOc1cccc(NC(=O)N[C@H](CC)COC)c1. The Morgan fingerprint density at radius 1 is 1.50 bits per heavy atom. The lowest BCUT2D eigenvalue weighted by Crippen LogP contribution is -2.40. The number of hydrogen-bond donors (Lipinski definition) is 2. The monoisotopic (exact) mass is 276 g/mol. The third-order valence-electron chi connectivity index (χ3n) is 2.61. The van der Waals surface area contributed by atoms with E-state index >= 15 is 0 Å². The van der Waals surface area contributed by atoms with Crippen LogP contribution in [0.3, 0.4) is 0 Å². The minimum absolute atomic E-state index is 0.0131. The maximum atomic E-state index is 11.8. The van der Waals surface area contributed by atoms with Crippen LogP contribution in [0, 0.1) is 12.3 Å². The summed E-state index contributed by atoms with van der Waals surface area (Å²) in [5, 5.41) is 5.58. The molecule has 0 unspecified atom stereocenters. The topological polar surface area (TPSA) is 59.6 Å². The third kappa shape index (κ3) is 5.63. The Morgan fingerprint density at radius 3 is 2.95 bits per heavy atom. The van der Waals surface area contributed by atoms with Gasteiger partial charge in [-0.1, -0.05) is 18.9 Å². The Labute approximate surface area is 119 Å². The molecule has 0 bridgehead atoms. The molecule has 0 saturated heterocycles. The fourth-order valence-electron chi connectivity index (χ4n) is 1.60. The third-order valence-corrected chi connectivity index (χ3v) is 2.61. The van der Waals surface area contributed by atoms with Gasteiger partial charge in [-0.3, -0.25) is 0 Å². The summed E-state index contributed by atoms with van der Waals surface area (Å²) < 4.78 is 10.3. The molecule has 0 radical (unpaired) electrons. The predicted molar refractivity (Wildman–Crippen MR) is 78.9 cm³/mol. The predicted octanol–water partition coefficient (Wildman–Crippen LogP) is 2.25. The first-order valence-corrected chi connectivity index (χ1v) is 6.42. The summed E-state index contributed by atoms with van der Waals surface area (Å²) in [5.41, 5.74) is 0.643. The van der Waals surface area contributed by atoms with E-state index in [1.807, 2.05) is 6.92 Å². The molecule has 1 rings (SSSR count). The average Bonchev–Trinajstić information content (AvgIpc) is 2.45. The molecule has 0 aliphatic rings. The maximum Gasteiger partial charge on any atom is 0.319 e. The van der Waals surface area contributed by atoms with Crippen molar-refractivity contribution in [1.29, 1.82) is 0 Å². The molecule has 2 N–H and O–H groups in total. The molecule has 1 aromatic rings. The Balaban J connectivity index is 2.55. The van der Waals surface area contributed by atoms with Crippen molar-refractivity contribution in [3.05, 3.63) is 24.3 Å². The number of carbonyl (C=O) groups excluding carboxylic acids is 1. The van der Waals surface area contributed by atoms with Crippen molar-refractivity contribution >= 4 is 11.7 Å². The van der Waals surface area contributed by atoms with Gasteiger partial charge in [0.2, 0.25) is 0 Å². The second-order valence-corrected chi connectivity index (χ2v) is 4.18. The molecule has 0 aliphatic heterocycles. The highest BCUT2D eigenvalue weighted by molar-refractivity contribution is 5.89. The first kappa shape index (κ1) is 15.9. The molecular weight excluding hydrogens is 256 g/mol. The van der Waals surface area contributed by atoms with Crippen LogP contribution < -0.4 is 15.4 Å². The second-order valence-electron chi connectivity index (χ2n) is 4.18. The highest BCUT2D eigenvalue weighted by Gasteiger charge is 2.10. The quantitative estimate of drug-likeness (QED) is 0.751. The first-order valence-electron chi connectivity index (χ1n) is 6.42. The van der Waals surface area contributed by atoms with Crippen LogP contribution in [-0.2, 0) is 4.74 Å². The summed E-state index contributed by atoms with van der Waals surface area (Å²) >= 11 is 0. The molecule has 0 saturated carbocycles. The number of ether oxygens (including phenoxy) is 2. The van der Waals surface area contributed by atoms with Crippen LogP contribution >= 0.6 is 0 Å². The number of anilines is 1. The molecule has 0 aliphatic carbocycles. The molecular formula is C15H20N2O3. The van der Waals surface area contributed by atoms with Crippen molar-refractivity contribution in [1.82, 2.24) is 5.32 Å². The first-order chi connectivity index (χ1) is 9.69. The van der Waals surface area contributed by atoms with E-state index in [0.29, 0.717) is 18.0 Å². The number of rotatable bonds is 7. The normalized spacial score (nSPS) is 11.2. The van der Waals surface area contributed by atoms with Gasteiger partial charge in [-0.25, -0.2) is 4.79 Å². The van der Waals surface area contributed by atoms with Gasteiger partial charge in [0.25, 0.3) is 0 Å². The molecule has 0 spiro atoms. The van der Waals surface area contributed by atoms with Crippen LogP contribution in [0.4, 0.5) is 10.5 Å². The Kier molecular flexibility index (Phi) is 7.01. The zero-order chi connectivity index (χ0) is 14.8. The molecule has 0 aromatic heterocycles. The fourth-order valence-corrected chi connectivity index (χ4v) is 1.60. The summed E-state index contributed by atoms with van der Waals surface area (Å²) in [6.07, 6.45) is 5.93. The molecule has 108 valence electrons. The number of amides is 2. The summed E-state index contributed by atoms with van der Waals surface area (Å²) in [4.78, 5) is 11.8. The van der Waals surface area contributed by atoms with Gasteiger partial charge in [0.05, 0.1) is 12.6 Å². The van der Waals surface area contributed by atoms with E-state index in [9.17, 15) is 4.79 Å². The highest BCUT2D eigenvalue weighted by Crippen LogP contribution is 2.17. The Bertz CT molecular complexity index is 468. The lowest BCUT2D eigenvalue weighted by atomic mass is 10.2. The molecule has 0 heterocycles. The zero-order valence-corrected chi connectivity index (χ0v) is 11.8. The molecule has 5 heteroatoms. The van der Waals surface area contributed by atoms with Crippen molar-refractivity contribution in [3.8, 4) is 18.1 Å². The van der Waals surface area contributed by atoms with Crippen molar-refractivity contribution in [2.75, 3.05) is 25.6 Å². The fraction of sp³-hybridized carbons (Fsp3) is 0.400. The van der Waals surface area contributed by atoms with Crippen LogP contribution in [0.1, 0.15) is 13.3 Å². The van der Waals surface area contributed by atoms with Crippen LogP contribution in [0.5, 0.6) is 5.75 Å². The maximum absolute atomic E-state index is 11.8. The van der Waals surface area contributed by atoms with E-state index in [2.05, 4.69) is 16.6 Å². The summed E-state index contributed by atoms with van der Waals surface area (Å²) in [7, 11) is 1.61. The molecule has 0 fully saturated rings. The number of benzene rings is 1. The van der Waals surface area contributed by atoms with Crippen LogP contribution in [0.15, 0.2) is 24.3 Å². The Morgan fingerprint density at radius 2 is 2.30 bits per heavy atom. The minimum atomic E-state index is -0.275. The Hall–Kier alpha value is -2.19. The number of carbonyl (C=O) groups is 1. The van der Waals surface area contributed by atoms with Crippen molar-refractivity contribution in [3.63, 3.8) is 0 Å². The number of methoxy groups -OCH3 is 1. The molecule has 1 atom stereocenters. The number of nitrogens with one attached hydrogen (secondary N) is 2. The standard InChI is InChI=1S/C15H20N2O3/c1-4-9-20-14-8-6-7-13(10-14)17-15(18)16-12(5-2)11-19-3/h1,6-8,10,12H,5,9,11H2,2-3H3,(H2,16,17,18)/t12-/m1/s1.